The third kappa shape index (κ3) is 3.45. The molecule has 0 atom stereocenters. The molecule has 0 radical (unpaired) electrons. The largest absolute Gasteiger partial charge is 0.507 e. The zero-order chi connectivity index (χ0) is 13.0. The van der Waals surface area contributed by atoms with E-state index in [4.69, 9.17) is 0 Å². The van der Waals surface area contributed by atoms with Crippen molar-refractivity contribution < 1.29 is 19.4 Å². The first kappa shape index (κ1) is 13.5. The predicted octanol–water partition coefficient (Wildman–Crippen LogP) is 1.40. The summed E-state index contributed by atoms with van der Waals surface area (Å²) in [6.45, 7) is -0.133. The minimum absolute atomic E-state index is 0.0256. The number of hydrogen-bond donors (Lipinski definition) is 1. The van der Waals surface area contributed by atoms with Gasteiger partial charge in [0.25, 0.3) is 5.91 Å². The average molecular weight is 302 g/mol. The van der Waals surface area contributed by atoms with Crippen LogP contribution in [0.15, 0.2) is 22.7 Å². The van der Waals surface area contributed by atoms with E-state index in [0.717, 1.165) is 0 Å². The molecule has 1 aromatic carbocycles. The van der Waals surface area contributed by atoms with Crippen molar-refractivity contribution in [2.45, 2.75) is 0 Å². The van der Waals surface area contributed by atoms with E-state index in [1.54, 1.807) is 12.1 Å². The monoisotopic (exact) mass is 301 g/mol. The number of benzene rings is 1. The van der Waals surface area contributed by atoms with Crippen molar-refractivity contribution in [1.82, 2.24) is 4.90 Å². The maximum Gasteiger partial charge on any atom is 0.325 e. The number of likely N-dealkylation sites (N-methyl/N-ethyl adjacent to an activating group) is 1. The number of nitrogens with zero attached hydrogens (tertiary/aromatic N) is 1. The summed E-state index contributed by atoms with van der Waals surface area (Å²) in [4.78, 5) is 24.1. The number of aromatic hydroxyl groups is 1. The number of rotatable bonds is 3. The lowest BCUT2D eigenvalue weighted by atomic mass is 10.2. The SMILES string of the molecule is COC(=O)CN(C)C(=O)c1ccc(Br)c(O)c1. The fraction of sp³-hybridized carbons (Fsp3) is 0.273. The van der Waals surface area contributed by atoms with Crippen LogP contribution in [0, 0.1) is 0 Å². The zero-order valence-electron chi connectivity index (χ0n) is 9.44. The average Bonchev–Trinajstić information content (AvgIpc) is 2.31. The number of amides is 1. The molecule has 5 nitrogen and oxygen atoms in total. The van der Waals surface area contributed by atoms with Gasteiger partial charge in [-0.05, 0) is 34.1 Å². The van der Waals surface area contributed by atoms with E-state index in [0.29, 0.717) is 10.0 Å². The molecule has 92 valence electrons. The van der Waals surface area contributed by atoms with Crippen molar-refractivity contribution in [2.24, 2.45) is 0 Å². The predicted molar refractivity (Wildman–Crippen MR) is 64.8 cm³/mol. The van der Waals surface area contributed by atoms with Crippen LogP contribution in [-0.2, 0) is 9.53 Å². The van der Waals surface area contributed by atoms with Crippen molar-refractivity contribution in [2.75, 3.05) is 20.7 Å². The smallest absolute Gasteiger partial charge is 0.325 e. The Kier molecular flexibility index (Phi) is 4.51. The molecule has 6 heteroatoms. The number of ether oxygens (including phenoxy) is 1. The van der Waals surface area contributed by atoms with E-state index in [1.807, 2.05) is 0 Å². The number of halogens is 1. The number of phenolic OH excluding ortho intramolecular Hbond substituents is 1. The standard InChI is InChI=1S/C11H12BrNO4/c1-13(6-10(15)17-2)11(16)7-3-4-8(12)9(14)5-7/h3-5,14H,6H2,1-2H3. The van der Waals surface area contributed by atoms with Gasteiger partial charge in [-0.15, -0.1) is 0 Å². The highest BCUT2D eigenvalue weighted by molar-refractivity contribution is 9.10. The second-order valence-corrected chi connectivity index (χ2v) is 4.26. The number of methoxy groups -OCH3 is 1. The van der Waals surface area contributed by atoms with E-state index < -0.39 is 5.97 Å². The molecule has 1 amide bonds. The van der Waals surface area contributed by atoms with Crippen molar-refractivity contribution in [3.05, 3.63) is 28.2 Å². The van der Waals surface area contributed by atoms with E-state index in [1.165, 1.54) is 25.1 Å². The van der Waals surface area contributed by atoms with Gasteiger partial charge in [0.05, 0.1) is 11.6 Å². The lowest BCUT2D eigenvalue weighted by Crippen LogP contribution is -2.32. The molecule has 1 aromatic rings. The Morgan fingerprint density at radius 2 is 2.12 bits per heavy atom. The molecule has 0 heterocycles. The highest BCUT2D eigenvalue weighted by Crippen LogP contribution is 2.24. The molecule has 0 bridgehead atoms. The van der Waals surface area contributed by atoms with Gasteiger partial charge in [-0.2, -0.15) is 0 Å². The summed E-state index contributed by atoms with van der Waals surface area (Å²) in [6.07, 6.45) is 0. The Morgan fingerprint density at radius 1 is 1.47 bits per heavy atom. The van der Waals surface area contributed by atoms with Gasteiger partial charge in [-0.3, -0.25) is 9.59 Å². The van der Waals surface area contributed by atoms with Gasteiger partial charge >= 0.3 is 5.97 Å². The molecule has 17 heavy (non-hydrogen) atoms. The third-order valence-electron chi connectivity index (χ3n) is 2.13. The van der Waals surface area contributed by atoms with Crippen LogP contribution in [0.3, 0.4) is 0 Å². The molecule has 0 aromatic heterocycles. The summed E-state index contributed by atoms with van der Waals surface area (Å²) in [7, 11) is 2.74. The molecular formula is C11H12BrNO4. The summed E-state index contributed by atoms with van der Waals surface area (Å²) < 4.78 is 4.96. The summed E-state index contributed by atoms with van der Waals surface area (Å²) in [5.74, 6) is -0.886. The van der Waals surface area contributed by atoms with Crippen LogP contribution in [0.2, 0.25) is 0 Å². The van der Waals surface area contributed by atoms with Crippen molar-refractivity contribution in [3.63, 3.8) is 0 Å². The molecule has 0 fully saturated rings. The van der Waals surface area contributed by atoms with Crippen LogP contribution in [0.4, 0.5) is 0 Å². The quantitative estimate of drug-likeness (QED) is 0.857. The Hall–Kier alpha value is -1.56. The van der Waals surface area contributed by atoms with Gasteiger partial charge in [0.2, 0.25) is 0 Å². The summed E-state index contributed by atoms with van der Waals surface area (Å²) in [6, 6.07) is 4.45. The summed E-state index contributed by atoms with van der Waals surface area (Å²) in [5.41, 5.74) is 0.303. The number of esters is 1. The van der Waals surface area contributed by atoms with Crippen LogP contribution >= 0.6 is 15.9 Å². The number of carbonyl (C=O) groups excluding carboxylic acids is 2. The lowest BCUT2D eigenvalue weighted by molar-refractivity contribution is -0.141. The maximum atomic E-state index is 11.9. The Morgan fingerprint density at radius 3 is 2.65 bits per heavy atom. The van der Waals surface area contributed by atoms with Crippen molar-refractivity contribution in [3.8, 4) is 5.75 Å². The van der Waals surface area contributed by atoms with Crippen molar-refractivity contribution >= 4 is 27.8 Å². The third-order valence-corrected chi connectivity index (χ3v) is 2.80. The molecule has 1 N–H and O–H groups in total. The van der Waals surface area contributed by atoms with Crippen LogP contribution in [0.25, 0.3) is 0 Å². The van der Waals surface area contributed by atoms with Gasteiger partial charge in [-0.1, -0.05) is 0 Å². The first-order valence-electron chi connectivity index (χ1n) is 4.76. The van der Waals surface area contributed by atoms with Crippen LogP contribution in [0.1, 0.15) is 10.4 Å². The molecular weight excluding hydrogens is 290 g/mol. The van der Waals surface area contributed by atoms with E-state index >= 15 is 0 Å². The second kappa shape index (κ2) is 5.67. The first-order valence-corrected chi connectivity index (χ1v) is 5.55. The summed E-state index contributed by atoms with van der Waals surface area (Å²) >= 11 is 3.12. The van der Waals surface area contributed by atoms with Gasteiger partial charge in [0, 0.05) is 12.6 Å². The minimum atomic E-state index is -0.498. The van der Waals surface area contributed by atoms with Crippen LogP contribution in [-0.4, -0.2) is 42.6 Å². The molecule has 0 saturated carbocycles. The van der Waals surface area contributed by atoms with E-state index in [2.05, 4.69) is 20.7 Å². The zero-order valence-corrected chi connectivity index (χ0v) is 11.0. The highest BCUT2D eigenvalue weighted by atomic mass is 79.9. The van der Waals surface area contributed by atoms with Gasteiger partial charge < -0.3 is 14.7 Å². The molecule has 0 saturated heterocycles. The molecule has 0 aliphatic carbocycles. The van der Waals surface area contributed by atoms with Gasteiger partial charge in [0.1, 0.15) is 12.3 Å². The highest BCUT2D eigenvalue weighted by Gasteiger charge is 2.16. The lowest BCUT2D eigenvalue weighted by Gasteiger charge is -2.15. The first-order chi connectivity index (χ1) is 7.95. The maximum absolute atomic E-state index is 11.9. The second-order valence-electron chi connectivity index (χ2n) is 3.40. The van der Waals surface area contributed by atoms with Gasteiger partial charge in [0.15, 0.2) is 0 Å². The fourth-order valence-corrected chi connectivity index (χ4v) is 1.44. The normalized spacial score (nSPS) is 9.82. The van der Waals surface area contributed by atoms with Gasteiger partial charge in [-0.25, -0.2) is 0 Å². The summed E-state index contributed by atoms with van der Waals surface area (Å²) in [5, 5.41) is 9.45. The number of carbonyl (C=O) groups is 2. The Balaban J connectivity index is 2.81. The Labute approximate surface area is 107 Å². The van der Waals surface area contributed by atoms with Crippen LogP contribution in [0.5, 0.6) is 5.75 Å². The molecule has 0 spiro atoms. The van der Waals surface area contributed by atoms with E-state index in [-0.39, 0.29) is 18.2 Å². The molecule has 0 aliphatic heterocycles. The molecule has 0 unspecified atom stereocenters. The number of hydrogen-bond acceptors (Lipinski definition) is 4. The molecule has 0 aliphatic rings. The topological polar surface area (TPSA) is 66.8 Å². The van der Waals surface area contributed by atoms with E-state index in [9.17, 15) is 14.7 Å². The molecule has 1 rings (SSSR count). The fourth-order valence-electron chi connectivity index (χ4n) is 1.20. The van der Waals surface area contributed by atoms with Crippen LogP contribution < -0.4 is 0 Å². The minimum Gasteiger partial charge on any atom is -0.507 e. The number of phenols is 1. The van der Waals surface area contributed by atoms with Crippen molar-refractivity contribution in [1.29, 1.82) is 0 Å². The Bertz CT molecular complexity index is 447.